The lowest BCUT2D eigenvalue weighted by Gasteiger charge is -2.51. The van der Waals surface area contributed by atoms with E-state index in [1.165, 1.54) is 0 Å². The van der Waals surface area contributed by atoms with Crippen LogP contribution in [0.2, 0.25) is 0 Å². The summed E-state index contributed by atoms with van der Waals surface area (Å²) in [6.07, 6.45) is -63.5. The van der Waals surface area contributed by atoms with Gasteiger partial charge in [-0.05, 0) is 0 Å². The fourth-order valence-electron chi connectivity index (χ4n) is 12.1. The second-order valence-corrected chi connectivity index (χ2v) is 27.4. The highest BCUT2D eigenvalue weighted by molar-refractivity contribution is 7.47. The van der Waals surface area contributed by atoms with Crippen molar-refractivity contribution in [1.29, 1.82) is 0 Å². The maximum absolute atomic E-state index is 13.5. The van der Waals surface area contributed by atoms with E-state index >= 15 is 0 Å². The first-order valence-electron chi connectivity index (χ1n) is 31.8. The number of quaternary nitrogens is 1. The maximum Gasteiger partial charge on any atom is 0.472 e. The first-order chi connectivity index (χ1) is 46.9. The molecule has 0 aromatic heterocycles. The Hall–Kier alpha value is -3.29. The van der Waals surface area contributed by atoms with E-state index in [1.807, 2.05) is 0 Å². The monoisotopic (exact) mass is 1480 g/mol. The van der Waals surface area contributed by atoms with Gasteiger partial charge in [-0.3, -0.25) is 28.2 Å². The van der Waals surface area contributed by atoms with Crippen LogP contribution < -0.4 is 21.3 Å². The van der Waals surface area contributed by atoms with Gasteiger partial charge in [0.1, 0.15) is 184 Å². The molecule has 0 aromatic rings. The summed E-state index contributed by atoms with van der Waals surface area (Å²) in [6, 6.07) is -7.18. The van der Waals surface area contributed by atoms with E-state index in [1.54, 1.807) is 21.1 Å². The van der Waals surface area contributed by atoms with Crippen LogP contribution in [-0.4, -0.2) is 420 Å². The molecule has 0 aliphatic carbocycles. The van der Waals surface area contributed by atoms with E-state index in [-0.39, 0.29) is 17.6 Å². The second kappa shape index (κ2) is 36.3. The van der Waals surface area contributed by atoms with Crippen LogP contribution in [0.3, 0.4) is 0 Å². The van der Waals surface area contributed by atoms with Crippen molar-refractivity contribution in [1.82, 2.24) is 21.3 Å². The molecule has 1 unspecified atom stereocenters. The molecule has 7 rings (SSSR count). The molecule has 0 aromatic carbocycles. The van der Waals surface area contributed by atoms with E-state index < -0.39 is 292 Å². The molecule has 0 bridgehead atoms. The first kappa shape index (κ1) is 84.0. The van der Waals surface area contributed by atoms with Crippen molar-refractivity contribution in [3.8, 4) is 0 Å². The Balaban J connectivity index is 1.25. The number of hydrogen-bond acceptors (Lipinski definition) is 38. The van der Waals surface area contributed by atoms with E-state index in [2.05, 4.69) is 21.3 Å². The number of hydrogen-bond donors (Lipinski definition) is 23. The second-order valence-electron chi connectivity index (χ2n) is 26.0. The number of rotatable bonds is 29. The highest BCUT2D eigenvalue weighted by atomic mass is 31.2. The largest absolute Gasteiger partial charge is 0.472 e. The Bertz CT molecular complexity index is 2670. The topological polar surface area (TPSA) is 656 Å². The van der Waals surface area contributed by atoms with Crippen molar-refractivity contribution < 1.29 is 196 Å². The predicted molar refractivity (Wildman–Crippen MR) is 316 cm³/mol. The molecule has 7 heterocycles. The molecule has 0 saturated carbocycles. The predicted octanol–water partition coefficient (Wildman–Crippen LogP) is -14.9. The number of aliphatic hydroxyl groups excluding tert-OH is 18. The Morgan fingerprint density at radius 1 is 0.360 bits per heavy atom. The third-order valence-corrected chi connectivity index (χ3v) is 18.4. The fourth-order valence-corrected chi connectivity index (χ4v) is 12.8. The quantitative estimate of drug-likeness (QED) is 0.0244. The lowest BCUT2D eigenvalue weighted by atomic mass is 9.93. The summed E-state index contributed by atoms with van der Waals surface area (Å²) in [5.41, 5.74) is 0. The molecule has 7 aliphatic heterocycles. The maximum atomic E-state index is 13.5. The van der Waals surface area contributed by atoms with E-state index in [9.17, 15) is 121 Å². The van der Waals surface area contributed by atoms with Gasteiger partial charge in [0.15, 0.2) is 44.0 Å². The van der Waals surface area contributed by atoms with Gasteiger partial charge in [-0.25, -0.2) is 4.57 Å². The number of carbonyl (C=O) groups is 4. The summed E-state index contributed by atoms with van der Waals surface area (Å²) in [5.74, 6) is -3.45. The number of ether oxygens (including phenoxy) is 13. The van der Waals surface area contributed by atoms with E-state index in [0.29, 0.717) is 0 Å². The number of likely N-dealkylation sites (N-methyl/N-ethyl adjacent to an activating group) is 1. The number of carbonyl (C=O) groups excluding carboxylic acids is 4. The van der Waals surface area contributed by atoms with Crippen molar-refractivity contribution in [2.45, 2.75) is 242 Å². The summed E-state index contributed by atoms with van der Waals surface area (Å²) >= 11 is 0. The smallest absolute Gasteiger partial charge is 0.394 e. The van der Waals surface area contributed by atoms with Crippen molar-refractivity contribution in [3.63, 3.8) is 0 Å². The van der Waals surface area contributed by atoms with Crippen molar-refractivity contribution in [3.05, 3.63) is 0 Å². The molecule has 7 fully saturated rings. The zero-order chi connectivity index (χ0) is 74.3. The number of aliphatic hydroxyl groups is 18. The lowest BCUT2D eigenvalue weighted by Crippen LogP contribution is -2.71. The Labute approximate surface area is 570 Å². The first-order valence-corrected chi connectivity index (χ1v) is 33.3. The van der Waals surface area contributed by atoms with Gasteiger partial charge >= 0.3 is 7.82 Å². The van der Waals surface area contributed by atoms with Crippen LogP contribution >= 0.6 is 7.82 Å². The zero-order valence-corrected chi connectivity index (χ0v) is 56.0. The van der Waals surface area contributed by atoms with Gasteiger partial charge in [0.25, 0.3) is 0 Å². The molecule has 4 amide bonds. The summed E-state index contributed by atoms with van der Waals surface area (Å²) in [6.45, 7) is -3.61. The molecule has 0 spiro atoms. The molecule has 0 radical (unpaired) electrons. The average Bonchev–Trinajstić information content (AvgIpc) is 0.770. The number of phosphoric ester groups is 1. The Morgan fingerprint density at radius 3 is 1.22 bits per heavy atom. The highest BCUT2D eigenvalue weighted by Crippen LogP contribution is 2.45. The summed E-state index contributed by atoms with van der Waals surface area (Å²) in [4.78, 5) is 61.4. The van der Waals surface area contributed by atoms with E-state index in [4.69, 9.17) is 70.6 Å². The summed E-state index contributed by atoms with van der Waals surface area (Å²) in [7, 11) is 0.0648. The molecule has 45 heteroatoms. The number of amides is 4. The minimum absolute atomic E-state index is 0.149. The third-order valence-electron chi connectivity index (χ3n) is 17.4. The van der Waals surface area contributed by atoms with Crippen LogP contribution in [0.5, 0.6) is 0 Å². The number of phosphoric acid groups is 1. The third kappa shape index (κ3) is 20.4. The number of nitrogens with one attached hydrogen (secondary N) is 4. The van der Waals surface area contributed by atoms with Crippen LogP contribution in [-0.2, 0) is 94.4 Å². The number of nitrogens with zero attached hydrogens (tertiary/aromatic N) is 1. The standard InChI is InChI=1S/C55H96N5O39P/c1-17(66)56-28-37(75)44(24(13-64)88-49(28)82)95-51-30(58-19(3)68)38(76)45(25(14-65)92-51)97-54-43(81)47(35(73)26(93-54)15-85-53-42(80)40(78)33(71)22(11-62)90-53)98-55-48(41(79)34(72)23(12-63)91-55)99-52-31(59-20(4)69)39(77)46(27(94-52)16-87-100(83,84)86-9-8-60(5,6)7)96-50-29(57-18(2)67)36(74)32(70)21(10-61)89-50/h21-55,61-65,70-82H,8-16H2,1-7H3,(H4-,56,57,58,59,66,67,68,69,83,84)/p+1/t21-,22-,23-,24-,25-,26-,27-,28-,29-,30-,31-,32+,33-,34-,35-,36-,37-,38-,39-,40+,41+,42+,43+,44-,45-,46-,47+,48+,49-,50+,51+,52+,53+,54+,55-/m1/s1. The minimum atomic E-state index is -5.14. The van der Waals surface area contributed by atoms with Crippen LogP contribution in [0.1, 0.15) is 27.7 Å². The van der Waals surface area contributed by atoms with Crippen LogP contribution in [0.4, 0.5) is 0 Å². The average molecular weight is 1480 g/mol. The van der Waals surface area contributed by atoms with Gasteiger partial charge in [-0.15, -0.1) is 0 Å². The molecule has 44 nitrogen and oxygen atoms in total. The fraction of sp³-hybridized carbons (Fsp3) is 0.927. The van der Waals surface area contributed by atoms with Gasteiger partial charge in [0.2, 0.25) is 23.6 Å². The lowest BCUT2D eigenvalue weighted by molar-refractivity contribution is -0.870. The molecule has 23 N–H and O–H groups in total. The summed E-state index contributed by atoms with van der Waals surface area (Å²) < 4.78 is 101. The molecular weight excluding hydrogens is 1390 g/mol. The SMILES string of the molecule is CC(=O)N[C@@H]1[C@@H](O)[C@H](O[C@@H]2O[C@H](CO)[C@@H](O[C@@H]3O[C@H](CO[C@H]4O[C@H](CO)[C@@H](O)[C@H](O)[C@@H]4O)[C@@H](O)[C@H](O[C@H]4O[C@H](CO)[C@@H](O)[C@H](O)[C@@H]4O[C@@H]4O[C@H](COP(=O)(O)OCC[N+](C)(C)C)[C@@H](O[C@@H]5O[C@H](CO)[C@H](O)[C@H](O)[C@H]5NC(C)=O)[C@H](O)[C@H]4NC(C)=O)[C@@H]3O)[C@H](O)[C@H]2NC(C)=O)[C@@H](CO)O[C@H]1O. The van der Waals surface area contributed by atoms with Crippen molar-refractivity contribution in [2.24, 2.45) is 0 Å². The van der Waals surface area contributed by atoms with Crippen LogP contribution in [0.25, 0.3) is 0 Å². The van der Waals surface area contributed by atoms with Gasteiger partial charge in [-0.1, -0.05) is 0 Å². The molecule has 36 atom stereocenters. The Morgan fingerprint density at radius 2 is 0.730 bits per heavy atom. The molecule has 100 heavy (non-hydrogen) atoms. The summed E-state index contributed by atoms with van der Waals surface area (Å²) in [5, 5.41) is 210. The zero-order valence-electron chi connectivity index (χ0n) is 55.1. The molecule has 580 valence electrons. The highest BCUT2D eigenvalue weighted by Gasteiger charge is 2.60. The Kier molecular flexibility index (Phi) is 30.5. The van der Waals surface area contributed by atoms with Crippen molar-refractivity contribution >= 4 is 31.5 Å². The molecule has 7 aliphatic rings. The van der Waals surface area contributed by atoms with Gasteiger partial charge in [0.05, 0.1) is 67.4 Å². The van der Waals surface area contributed by atoms with Gasteiger partial charge in [0, 0.05) is 27.7 Å². The molecular formula is C55H97N5O39P+. The van der Waals surface area contributed by atoms with Crippen molar-refractivity contribution in [2.75, 3.05) is 80.5 Å². The van der Waals surface area contributed by atoms with Gasteiger partial charge < -0.3 is 184 Å². The van der Waals surface area contributed by atoms with E-state index in [0.717, 1.165) is 27.7 Å². The normalized spacial score (nSPS) is 44.9. The van der Waals surface area contributed by atoms with Gasteiger partial charge in [-0.2, -0.15) is 0 Å². The van der Waals surface area contributed by atoms with Crippen LogP contribution in [0.15, 0.2) is 0 Å². The minimum Gasteiger partial charge on any atom is -0.394 e. The molecule has 7 saturated heterocycles. The van der Waals surface area contributed by atoms with Crippen LogP contribution in [0, 0.1) is 0 Å².